The van der Waals surface area contributed by atoms with Gasteiger partial charge in [0.25, 0.3) is 5.91 Å². The number of oxazole rings is 1. The van der Waals surface area contributed by atoms with Crippen LogP contribution in [0.5, 0.6) is 0 Å². The van der Waals surface area contributed by atoms with Crippen molar-refractivity contribution in [3.63, 3.8) is 0 Å². The van der Waals surface area contributed by atoms with Crippen LogP contribution < -0.4 is 9.80 Å². The molecule has 3 heterocycles. The molecule has 7 heteroatoms. The van der Waals surface area contributed by atoms with Crippen LogP contribution in [0.25, 0.3) is 11.1 Å². The van der Waals surface area contributed by atoms with Gasteiger partial charge in [0, 0.05) is 23.8 Å². The number of carbonyl (C=O) groups excluding carboxylic acids is 2. The van der Waals surface area contributed by atoms with E-state index in [1.54, 1.807) is 24.3 Å². The maximum atomic E-state index is 13.0. The Morgan fingerprint density at radius 3 is 2.62 bits per heavy atom. The summed E-state index contributed by atoms with van der Waals surface area (Å²) in [7, 11) is 0. The van der Waals surface area contributed by atoms with Crippen molar-refractivity contribution in [3.8, 4) is 0 Å². The number of fused-ring (bicyclic) bond motifs is 1. The molecule has 0 saturated carbocycles. The Morgan fingerprint density at radius 1 is 1.07 bits per heavy atom. The van der Waals surface area contributed by atoms with E-state index in [0.29, 0.717) is 10.7 Å². The molecule has 3 aromatic rings. The number of aromatic nitrogens is 1. The normalized spacial score (nSPS) is 25.1. The fourth-order valence-electron chi connectivity index (χ4n) is 4.49. The molecule has 0 radical (unpaired) electrons. The van der Waals surface area contributed by atoms with Crippen LogP contribution in [-0.2, 0) is 9.59 Å². The number of amides is 2. The minimum Gasteiger partial charge on any atom is -0.440 e. The summed E-state index contributed by atoms with van der Waals surface area (Å²) < 4.78 is 5.93. The summed E-state index contributed by atoms with van der Waals surface area (Å²) in [4.78, 5) is 32.6. The Morgan fingerprint density at radius 2 is 1.86 bits per heavy atom. The summed E-state index contributed by atoms with van der Waals surface area (Å²) in [5, 5.41) is 0.512. The lowest BCUT2D eigenvalue weighted by molar-refractivity contribution is -0.920. The fourth-order valence-corrected chi connectivity index (χ4v) is 4.67. The molecule has 2 fully saturated rings. The number of piperidine rings is 1. The first kappa shape index (κ1) is 18.3. The maximum Gasteiger partial charge on any atom is 0.292 e. The van der Waals surface area contributed by atoms with Crippen molar-refractivity contribution < 1.29 is 18.9 Å². The van der Waals surface area contributed by atoms with Crippen LogP contribution in [0.15, 0.2) is 52.9 Å². The number of carbonyl (C=O) groups is 2. The average Bonchev–Trinajstić information content (AvgIpc) is 3.29. The van der Waals surface area contributed by atoms with Crippen LogP contribution in [-0.4, -0.2) is 35.9 Å². The van der Waals surface area contributed by atoms with Gasteiger partial charge in [0.15, 0.2) is 17.5 Å². The molecular formula is C22H21ClN3O3+. The first-order chi connectivity index (χ1) is 14.1. The topological polar surface area (TPSA) is 67.9 Å². The third-order valence-electron chi connectivity index (χ3n) is 5.99. The largest absolute Gasteiger partial charge is 0.440 e. The van der Waals surface area contributed by atoms with E-state index in [0.717, 1.165) is 42.9 Å². The van der Waals surface area contributed by atoms with Gasteiger partial charge in [-0.3, -0.25) is 9.59 Å². The standard InChI is InChI=1S/C22H20ClN3O3/c23-15-4-3-5-16(12-15)26-20(27)13-18(22(26)28)25-10-8-14(9-11-25)21-24-17-6-1-2-7-19(17)29-21/h1-7,12,14,18H,8-11,13H2/p+1/t18-/m0/s1. The van der Waals surface area contributed by atoms with Crippen LogP contribution in [0.3, 0.4) is 0 Å². The summed E-state index contributed by atoms with van der Waals surface area (Å²) >= 11 is 6.04. The second-order valence-electron chi connectivity index (χ2n) is 7.76. The van der Waals surface area contributed by atoms with E-state index < -0.39 is 0 Å². The van der Waals surface area contributed by atoms with Crippen LogP contribution in [0.2, 0.25) is 5.02 Å². The van der Waals surface area contributed by atoms with Gasteiger partial charge in [0.05, 0.1) is 25.2 Å². The summed E-state index contributed by atoms with van der Waals surface area (Å²) in [6, 6.07) is 14.3. The minimum absolute atomic E-state index is 0.132. The molecule has 6 nitrogen and oxygen atoms in total. The molecule has 2 aromatic carbocycles. The van der Waals surface area contributed by atoms with Crippen LogP contribution in [0.1, 0.15) is 31.1 Å². The number of halogens is 1. The van der Waals surface area contributed by atoms with Gasteiger partial charge in [0.1, 0.15) is 5.52 Å². The van der Waals surface area contributed by atoms with Crippen molar-refractivity contribution in [1.82, 2.24) is 4.98 Å². The predicted octanol–water partition coefficient (Wildman–Crippen LogP) is 2.58. The highest BCUT2D eigenvalue weighted by Gasteiger charge is 2.46. The van der Waals surface area contributed by atoms with Gasteiger partial charge in [0.2, 0.25) is 5.91 Å². The lowest BCUT2D eigenvalue weighted by Gasteiger charge is -2.30. The molecule has 29 heavy (non-hydrogen) atoms. The second-order valence-corrected chi connectivity index (χ2v) is 8.19. The first-order valence-electron chi connectivity index (χ1n) is 9.92. The molecule has 148 valence electrons. The van der Waals surface area contributed by atoms with Gasteiger partial charge in [-0.05, 0) is 30.3 Å². The molecule has 1 aromatic heterocycles. The summed E-state index contributed by atoms with van der Waals surface area (Å²) in [5.74, 6) is 0.741. The molecule has 2 aliphatic heterocycles. The molecule has 2 aliphatic rings. The van der Waals surface area contributed by atoms with E-state index in [9.17, 15) is 9.59 Å². The third-order valence-corrected chi connectivity index (χ3v) is 6.23. The maximum absolute atomic E-state index is 13.0. The summed E-state index contributed by atoms with van der Waals surface area (Å²) in [5.41, 5.74) is 2.24. The van der Waals surface area contributed by atoms with Gasteiger partial charge < -0.3 is 9.32 Å². The number of nitrogens with one attached hydrogen (secondary N) is 1. The van der Waals surface area contributed by atoms with Crippen molar-refractivity contribution in [3.05, 3.63) is 59.4 Å². The van der Waals surface area contributed by atoms with Gasteiger partial charge in [-0.15, -0.1) is 0 Å². The fraction of sp³-hybridized carbons (Fsp3) is 0.318. The van der Waals surface area contributed by atoms with Gasteiger partial charge in [-0.25, -0.2) is 9.88 Å². The van der Waals surface area contributed by atoms with Crippen molar-refractivity contribution in [1.29, 1.82) is 0 Å². The quantitative estimate of drug-likeness (QED) is 0.674. The molecule has 0 aliphatic carbocycles. The molecule has 0 unspecified atom stereocenters. The van der Waals surface area contributed by atoms with E-state index in [4.69, 9.17) is 16.0 Å². The lowest BCUT2D eigenvalue weighted by atomic mass is 9.95. The van der Waals surface area contributed by atoms with Crippen molar-refractivity contribution in [2.24, 2.45) is 0 Å². The molecule has 0 bridgehead atoms. The van der Waals surface area contributed by atoms with Crippen LogP contribution in [0.4, 0.5) is 5.69 Å². The van der Waals surface area contributed by atoms with E-state index in [1.807, 2.05) is 24.3 Å². The molecule has 5 rings (SSSR count). The Hall–Kier alpha value is -2.70. The Bertz CT molecular complexity index is 1050. The molecular weight excluding hydrogens is 390 g/mol. The lowest BCUT2D eigenvalue weighted by Crippen LogP contribution is -3.17. The van der Waals surface area contributed by atoms with Crippen molar-refractivity contribution in [2.75, 3.05) is 18.0 Å². The van der Waals surface area contributed by atoms with Gasteiger partial charge in [-0.2, -0.15) is 0 Å². The average molecular weight is 411 g/mol. The Balaban J connectivity index is 1.28. The first-order valence-corrected chi connectivity index (χ1v) is 10.3. The highest BCUT2D eigenvalue weighted by molar-refractivity contribution is 6.31. The van der Waals surface area contributed by atoms with E-state index in [1.165, 1.54) is 9.80 Å². The number of anilines is 1. The number of nitrogens with zero attached hydrogens (tertiary/aromatic N) is 2. The van der Waals surface area contributed by atoms with Crippen LogP contribution in [0, 0.1) is 0 Å². The molecule has 1 atom stereocenters. The number of likely N-dealkylation sites (tertiary alicyclic amines) is 1. The number of hydrogen-bond acceptors (Lipinski definition) is 4. The molecule has 0 spiro atoms. The predicted molar refractivity (Wildman–Crippen MR) is 109 cm³/mol. The van der Waals surface area contributed by atoms with Crippen molar-refractivity contribution >= 4 is 40.2 Å². The number of para-hydroxylation sites is 2. The summed E-state index contributed by atoms with van der Waals surface area (Å²) in [6.07, 6.45) is 2.02. The molecule has 1 N–H and O–H groups in total. The minimum atomic E-state index is -0.328. The van der Waals surface area contributed by atoms with E-state index >= 15 is 0 Å². The van der Waals surface area contributed by atoms with E-state index in [-0.39, 0.29) is 30.2 Å². The zero-order chi connectivity index (χ0) is 20.0. The zero-order valence-electron chi connectivity index (χ0n) is 15.8. The third kappa shape index (κ3) is 3.32. The zero-order valence-corrected chi connectivity index (χ0v) is 16.6. The number of hydrogen-bond donors (Lipinski definition) is 1. The van der Waals surface area contributed by atoms with Crippen molar-refractivity contribution in [2.45, 2.75) is 31.2 Å². The second kappa shape index (κ2) is 7.28. The smallest absolute Gasteiger partial charge is 0.292 e. The van der Waals surface area contributed by atoms with Gasteiger partial charge >= 0.3 is 0 Å². The molecule has 2 amide bonds. The number of quaternary nitrogens is 1. The Labute approximate surface area is 173 Å². The number of benzene rings is 2. The highest BCUT2D eigenvalue weighted by Crippen LogP contribution is 2.28. The van der Waals surface area contributed by atoms with Crippen LogP contribution >= 0.6 is 11.6 Å². The molecule has 2 saturated heterocycles. The van der Waals surface area contributed by atoms with Gasteiger partial charge in [-0.1, -0.05) is 29.8 Å². The number of rotatable bonds is 3. The van der Waals surface area contributed by atoms with E-state index in [2.05, 4.69) is 4.98 Å². The Kier molecular flexibility index (Phi) is 4.60. The highest BCUT2D eigenvalue weighted by atomic mass is 35.5. The monoisotopic (exact) mass is 410 g/mol. The summed E-state index contributed by atoms with van der Waals surface area (Å²) in [6.45, 7) is 1.63. The number of imide groups is 1. The SMILES string of the molecule is O=C1C[C@H]([NH+]2CCC(c3nc4ccccc4o3)CC2)C(=O)N1c1cccc(Cl)c1.